The first-order valence-electron chi connectivity index (χ1n) is 10.3. The van der Waals surface area contributed by atoms with Crippen molar-refractivity contribution in [1.82, 2.24) is 18.4 Å². The molecule has 2 fully saturated rings. The van der Waals surface area contributed by atoms with Gasteiger partial charge in [-0.15, -0.1) is 0 Å². The molecule has 0 saturated carbocycles. The number of hydrogen-bond donors (Lipinski definition) is 0. The van der Waals surface area contributed by atoms with E-state index in [9.17, 15) is 16.8 Å². The highest BCUT2D eigenvalue weighted by atomic mass is 32.2. The molecule has 1 aromatic rings. The Hall–Kier alpha value is -1.24. The van der Waals surface area contributed by atoms with Crippen LogP contribution in [0.1, 0.15) is 6.42 Å². The van der Waals surface area contributed by atoms with Crippen LogP contribution in [0.15, 0.2) is 29.2 Å². The van der Waals surface area contributed by atoms with Crippen molar-refractivity contribution < 1.29 is 21.6 Å². The van der Waals surface area contributed by atoms with Gasteiger partial charge in [-0.25, -0.2) is 8.42 Å². The molecular weight excluding hydrogens is 428 g/mol. The summed E-state index contributed by atoms with van der Waals surface area (Å²) in [6.45, 7) is 6.49. The second kappa shape index (κ2) is 9.92. The van der Waals surface area contributed by atoms with Gasteiger partial charge in [-0.05, 0) is 37.7 Å². The molecule has 170 valence electrons. The number of ether oxygens (including phenoxy) is 1. The Labute approximate surface area is 180 Å². The predicted octanol–water partition coefficient (Wildman–Crippen LogP) is -0.0312. The van der Waals surface area contributed by atoms with Crippen LogP contribution in [0.3, 0.4) is 0 Å². The minimum atomic E-state index is -3.36. The Morgan fingerprint density at radius 3 is 1.90 bits per heavy atom. The third-order valence-corrected chi connectivity index (χ3v) is 8.75. The fraction of sp³-hybridized carbons (Fsp3) is 0.684. The number of piperazine rings is 2. The lowest BCUT2D eigenvalue weighted by Gasteiger charge is -2.39. The van der Waals surface area contributed by atoms with Crippen LogP contribution in [-0.2, 0) is 20.0 Å². The molecule has 0 N–H and O–H groups in total. The van der Waals surface area contributed by atoms with Gasteiger partial charge < -0.3 is 14.5 Å². The Kier molecular flexibility index (Phi) is 7.75. The Bertz CT molecular complexity index is 889. The molecule has 1 aromatic carbocycles. The summed E-state index contributed by atoms with van der Waals surface area (Å²) in [7, 11) is -4.55. The summed E-state index contributed by atoms with van der Waals surface area (Å²) in [5.74, 6) is 0.644. The maximum atomic E-state index is 12.8. The smallest absolute Gasteiger partial charge is 0.282 e. The lowest BCUT2D eigenvalue weighted by molar-refractivity contribution is 0.161. The van der Waals surface area contributed by atoms with Crippen molar-refractivity contribution in [2.45, 2.75) is 11.3 Å². The highest BCUT2D eigenvalue weighted by Crippen LogP contribution is 2.17. The van der Waals surface area contributed by atoms with Gasteiger partial charge in [0.05, 0.1) is 11.5 Å². The van der Waals surface area contributed by atoms with Gasteiger partial charge in [0.25, 0.3) is 10.2 Å². The zero-order chi connectivity index (χ0) is 21.8. The van der Waals surface area contributed by atoms with Crippen molar-refractivity contribution in [2.24, 2.45) is 0 Å². The number of likely N-dealkylation sites (N-methyl/N-ethyl adjacent to an activating group) is 1. The second-order valence-electron chi connectivity index (χ2n) is 7.90. The molecule has 3 rings (SSSR count). The van der Waals surface area contributed by atoms with Crippen molar-refractivity contribution in [1.29, 1.82) is 0 Å². The van der Waals surface area contributed by atoms with Gasteiger partial charge in [0.1, 0.15) is 5.75 Å². The molecule has 2 aliphatic rings. The highest BCUT2D eigenvalue weighted by molar-refractivity contribution is 7.90. The van der Waals surface area contributed by atoms with Gasteiger partial charge in [0.2, 0.25) is 0 Å². The fourth-order valence-corrected chi connectivity index (χ4v) is 5.83. The summed E-state index contributed by atoms with van der Waals surface area (Å²) in [6, 6.07) is 6.42. The maximum Gasteiger partial charge on any atom is 0.282 e. The molecule has 0 spiro atoms. The Morgan fingerprint density at radius 2 is 1.37 bits per heavy atom. The van der Waals surface area contributed by atoms with Gasteiger partial charge >= 0.3 is 0 Å². The first-order chi connectivity index (χ1) is 14.2. The molecule has 2 heterocycles. The van der Waals surface area contributed by atoms with Gasteiger partial charge in [-0.3, -0.25) is 0 Å². The largest absolute Gasteiger partial charge is 0.494 e. The van der Waals surface area contributed by atoms with Crippen molar-refractivity contribution in [3.63, 3.8) is 0 Å². The molecule has 0 amide bonds. The molecule has 0 bridgehead atoms. The van der Waals surface area contributed by atoms with Crippen LogP contribution in [-0.4, -0.2) is 114 Å². The monoisotopic (exact) mass is 460 g/mol. The Morgan fingerprint density at radius 1 is 0.833 bits per heavy atom. The highest BCUT2D eigenvalue weighted by Gasteiger charge is 2.33. The van der Waals surface area contributed by atoms with Crippen molar-refractivity contribution >= 4 is 20.0 Å². The van der Waals surface area contributed by atoms with Gasteiger partial charge in [0, 0.05) is 65.2 Å². The van der Waals surface area contributed by atoms with Crippen LogP contribution >= 0.6 is 0 Å². The van der Waals surface area contributed by atoms with E-state index in [1.807, 2.05) is 7.05 Å². The maximum absolute atomic E-state index is 12.8. The lowest BCUT2D eigenvalue weighted by atomic mass is 10.3. The molecule has 0 atom stereocenters. The first-order valence-corrected chi connectivity index (χ1v) is 13.5. The molecule has 30 heavy (non-hydrogen) atoms. The lowest BCUT2D eigenvalue weighted by Crippen LogP contribution is -2.56. The fourth-order valence-electron chi connectivity index (χ4n) is 3.63. The normalized spacial score (nSPS) is 21.0. The number of hydrogen-bond acceptors (Lipinski definition) is 7. The van der Waals surface area contributed by atoms with E-state index in [2.05, 4.69) is 9.80 Å². The third-order valence-electron chi connectivity index (χ3n) is 5.59. The third kappa shape index (κ3) is 6.14. The molecule has 0 aromatic heterocycles. The number of benzene rings is 1. The van der Waals surface area contributed by atoms with Crippen LogP contribution in [0.5, 0.6) is 5.75 Å². The van der Waals surface area contributed by atoms with E-state index in [4.69, 9.17) is 4.74 Å². The van der Waals surface area contributed by atoms with Crippen LogP contribution < -0.4 is 4.74 Å². The van der Waals surface area contributed by atoms with Crippen LogP contribution in [0.4, 0.5) is 0 Å². The van der Waals surface area contributed by atoms with E-state index in [-0.39, 0.29) is 4.90 Å². The number of sulfone groups is 1. The van der Waals surface area contributed by atoms with Crippen LogP contribution in [0.25, 0.3) is 0 Å². The molecule has 2 saturated heterocycles. The molecule has 11 heteroatoms. The van der Waals surface area contributed by atoms with E-state index < -0.39 is 20.0 Å². The van der Waals surface area contributed by atoms with Crippen molar-refractivity contribution in [2.75, 3.05) is 78.8 Å². The zero-order valence-corrected chi connectivity index (χ0v) is 19.4. The molecule has 0 aliphatic carbocycles. The summed E-state index contributed by atoms with van der Waals surface area (Å²) in [6.07, 6.45) is 2.00. The molecule has 0 radical (unpaired) electrons. The number of nitrogens with zero attached hydrogens (tertiary/aromatic N) is 4. The van der Waals surface area contributed by atoms with E-state index in [0.717, 1.165) is 39.1 Å². The van der Waals surface area contributed by atoms with Gasteiger partial charge in [0.15, 0.2) is 9.84 Å². The summed E-state index contributed by atoms with van der Waals surface area (Å²) < 4.78 is 57.5. The van der Waals surface area contributed by atoms with E-state index >= 15 is 0 Å². The SMILES string of the molecule is CN1CCN(S(=O)(=O)N2CCN(CCCOc3ccc(S(C)(=O)=O)cc3)CC2)CC1. The summed E-state index contributed by atoms with van der Waals surface area (Å²) in [5.41, 5.74) is 0. The summed E-state index contributed by atoms with van der Waals surface area (Å²) >= 11 is 0. The summed E-state index contributed by atoms with van der Waals surface area (Å²) in [5, 5.41) is 0. The minimum absolute atomic E-state index is 0.277. The number of rotatable bonds is 8. The van der Waals surface area contributed by atoms with E-state index in [1.54, 1.807) is 32.9 Å². The topological polar surface area (TPSA) is 90.5 Å². The Balaban J connectivity index is 1.37. The van der Waals surface area contributed by atoms with Crippen molar-refractivity contribution in [3.8, 4) is 5.75 Å². The van der Waals surface area contributed by atoms with Crippen LogP contribution in [0.2, 0.25) is 0 Å². The average molecular weight is 461 g/mol. The standard InChI is InChI=1S/C19H32N4O5S2/c1-20-9-13-22(14-10-20)30(26,27)23-15-11-21(12-16-23)8-3-17-28-18-4-6-19(7-5-18)29(2,24)25/h4-7H,3,8-17H2,1-2H3. The predicted molar refractivity (Wildman–Crippen MR) is 116 cm³/mol. The molecule has 0 unspecified atom stereocenters. The zero-order valence-electron chi connectivity index (χ0n) is 17.7. The van der Waals surface area contributed by atoms with Gasteiger partial charge in [-0.1, -0.05) is 0 Å². The minimum Gasteiger partial charge on any atom is -0.494 e. The van der Waals surface area contributed by atoms with Crippen molar-refractivity contribution in [3.05, 3.63) is 24.3 Å². The first kappa shape index (κ1) is 23.4. The van der Waals surface area contributed by atoms with Crippen LogP contribution in [0, 0.1) is 0 Å². The summed E-state index contributed by atoms with van der Waals surface area (Å²) in [4.78, 5) is 4.68. The molecule has 9 nitrogen and oxygen atoms in total. The molecular formula is C19H32N4O5S2. The van der Waals surface area contributed by atoms with E-state index in [0.29, 0.717) is 38.5 Å². The quantitative estimate of drug-likeness (QED) is 0.503. The average Bonchev–Trinajstić information content (AvgIpc) is 2.71. The van der Waals surface area contributed by atoms with Gasteiger partial charge in [-0.2, -0.15) is 17.0 Å². The molecule has 2 aliphatic heterocycles. The second-order valence-corrected chi connectivity index (χ2v) is 11.8. The van der Waals surface area contributed by atoms with E-state index in [1.165, 1.54) is 6.26 Å².